The monoisotopic (exact) mass is 369 g/mol. The van der Waals surface area contributed by atoms with Crippen LogP contribution >= 0.6 is 11.3 Å². The number of aryl methyl sites for hydroxylation is 1. The second-order valence-corrected chi connectivity index (χ2v) is 7.35. The third-order valence-electron chi connectivity index (χ3n) is 4.20. The Labute approximate surface area is 157 Å². The topological polar surface area (TPSA) is 58.4 Å². The summed E-state index contributed by atoms with van der Waals surface area (Å²) in [6.07, 6.45) is 1.89. The lowest BCUT2D eigenvalue weighted by Gasteiger charge is -2.25. The van der Waals surface area contributed by atoms with Crippen LogP contribution < -0.4 is 5.32 Å². The summed E-state index contributed by atoms with van der Waals surface area (Å²) in [6, 6.07) is 12.2. The van der Waals surface area contributed by atoms with Gasteiger partial charge in [-0.2, -0.15) is 0 Å². The van der Waals surface area contributed by atoms with E-state index in [0.29, 0.717) is 6.54 Å². The van der Waals surface area contributed by atoms with E-state index in [2.05, 4.69) is 46.4 Å². The highest BCUT2D eigenvalue weighted by molar-refractivity contribution is 7.13. The molecule has 5 nitrogen and oxygen atoms in total. The molecule has 0 aliphatic heterocycles. The molecule has 2 aromatic heterocycles. The van der Waals surface area contributed by atoms with Crippen LogP contribution in [0.4, 0.5) is 0 Å². The van der Waals surface area contributed by atoms with E-state index in [9.17, 15) is 4.79 Å². The number of likely N-dealkylation sites (N-methyl/N-ethyl adjacent to an activating group) is 1. The van der Waals surface area contributed by atoms with Gasteiger partial charge < -0.3 is 14.6 Å². The zero-order chi connectivity index (χ0) is 18.5. The van der Waals surface area contributed by atoms with Crippen molar-refractivity contribution in [1.82, 2.24) is 15.2 Å². The number of thiazole rings is 1. The fourth-order valence-electron chi connectivity index (χ4n) is 2.73. The molecule has 3 rings (SSSR count). The van der Waals surface area contributed by atoms with Gasteiger partial charge in [0.25, 0.3) is 0 Å². The minimum absolute atomic E-state index is 0.0275. The molecular weight excluding hydrogens is 346 g/mol. The zero-order valence-corrected chi connectivity index (χ0v) is 16.0. The van der Waals surface area contributed by atoms with Crippen LogP contribution in [0.2, 0.25) is 0 Å². The van der Waals surface area contributed by atoms with Crippen molar-refractivity contribution in [3.63, 3.8) is 0 Å². The summed E-state index contributed by atoms with van der Waals surface area (Å²) in [5.41, 5.74) is 3.18. The van der Waals surface area contributed by atoms with Crippen LogP contribution in [-0.2, 0) is 11.2 Å². The minimum atomic E-state index is -0.0275. The molecule has 0 aliphatic rings. The molecule has 0 spiro atoms. The first-order valence-corrected chi connectivity index (χ1v) is 9.39. The van der Waals surface area contributed by atoms with Crippen molar-refractivity contribution in [3.8, 4) is 10.8 Å². The lowest BCUT2D eigenvalue weighted by atomic mass is 10.0. The minimum Gasteiger partial charge on any atom is -0.462 e. The van der Waals surface area contributed by atoms with E-state index >= 15 is 0 Å². The van der Waals surface area contributed by atoms with E-state index in [0.717, 1.165) is 16.5 Å². The quantitative estimate of drug-likeness (QED) is 0.690. The molecule has 1 aromatic carbocycles. The first-order valence-electron chi connectivity index (χ1n) is 8.51. The number of nitrogens with zero attached hydrogens (tertiary/aromatic N) is 2. The number of nitrogens with one attached hydrogen (secondary N) is 1. The Bertz CT molecular complexity index is 838. The van der Waals surface area contributed by atoms with E-state index in [1.807, 2.05) is 31.6 Å². The van der Waals surface area contributed by atoms with Crippen LogP contribution in [0.3, 0.4) is 0 Å². The van der Waals surface area contributed by atoms with Crippen molar-refractivity contribution in [2.75, 3.05) is 20.6 Å². The van der Waals surface area contributed by atoms with Gasteiger partial charge in [-0.05, 0) is 38.7 Å². The number of rotatable bonds is 7. The molecule has 6 heteroatoms. The lowest BCUT2D eigenvalue weighted by molar-refractivity contribution is -0.120. The third-order valence-corrected chi connectivity index (χ3v) is 5.11. The van der Waals surface area contributed by atoms with Crippen molar-refractivity contribution < 1.29 is 9.21 Å². The first-order chi connectivity index (χ1) is 12.5. The number of hydrogen-bond acceptors (Lipinski definition) is 5. The lowest BCUT2D eigenvalue weighted by Crippen LogP contribution is -2.35. The molecule has 0 bridgehead atoms. The summed E-state index contributed by atoms with van der Waals surface area (Å²) in [7, 11) is 4.04. The van der Waals surface area contributed by atoms with E-state index in [1.165, 1.54) is 22.5 Å². The predicted octanol–water partition coefficient (Wildman–Crippen LogP) is 3.67. The Morgan fingerprint density at radius 3 is 2.69 bits per heavy atom. The zero-order valence-electron chi connectivity index (χ0n) is 15.2. The number of carbonyl (C=O) groups excluding carboxylic acids is 1. The van der Waals surface area contributed by atoms with Crippen LogP contribution in [0.25, 0.3) is 10.8 Å². The summed E-state index contributed by atoms with van der Waals surface area (Å²) < 4.78 is 5.34. The Morgan fingerprint density at radius 1 is 1.27 bits per heavy atom. The van der Waals surface area contributed by atoms with E-state index in [-0.39, 0.29) is 18.4 Å². The van der Waals surface area contributed by atoms with Crippen LogP contribution in [0.1, 0.15) is 22.9 Å². The van der Waals surface area contributed by atoms with Crippen molar-refractivity contribution in [3.05, 3.63) is 64.9 Å². The van der Waals surface area contributed by atoms with E-state index in [4.69, 9.17) is 4.42 Å². The molecule has 0 aliphatic carbocycles. The molecule has 1 amide bonds. The number of hydrogen-bond donors (Lipinski definition) is 1. The summed E-state index contributed by atoms with van der Waals surface area (Å²) in [5, 5.41) is 5.73. The molecule has 0 saturated carbocycles. The molecule has 3 aromatic rings. The maximum absolute atomic E-state index is 12.3. The normalized spacial score (nSPS) is 12.3. The molecule has 0 radical (unpaired) electrons. The average Bonchev–Trinajstić information content (AvgIpc) is 3.27. The molecule has 1 atom stereocenters. The SMILES string of the molecule is Cc1ccc(C(CNC(=O)Cc2csc(-c3ccco3)n2)N(C)C)cc1. The molecule has 0 fully saturated rings. The average molecular weight is 369 g/mol. The van der Waals surface area contributed by atoms with E-state index in [1.54, 1.807) is 6.26 Å². The molecule has 0 saturated heterocycles. The number of amides is 1. The van der Waals surface area contributed by atoms with Gasteiger partial charge in [-0.25, -0.2) is 4.98 Å². The van der Waals surface area contributed by atoms with Gasteiger partial charge in [-0.1, -0.05) is 29.8 Å². The maximum atomic E-state index is 12.3. The molecular formula is C20H23N3O2S. The van der Waals surface area contributed by atoms with Gasteiger partial charge in [0.05, 0.1) is 24.4 Å². The Hall–Kier alpha value is -2.44. The molecule has 2 heterocycles. The summed E-state index contributed by atoms with van der Waals surface area (Å²) >= 11 is 1.48. The predicted molar refractivity (Wildman–Crippen MR) is 104 cm³/mol. The fraction of sp³-hybridized carbons (Fsp3) is 0.300. The van der Waals surface area contributed by atoms with Crippen molar-refractivity contribution in [2.45, 2.75) is 19.4 Å². The molecule has 136 valence electrons. The largest absolute Gasteiger partial charge is 0.462 e. The fourth-order valence-corrected chi connectivity index (χ4v) is 3.51. The first kappa shape index (κ1) is 18.4. The maximum Gasteiger partial charge on any atom is 0.226 e. The summed E-state index contributed by atoms with van der Waals surface area (Å²) in [6.45, 7) is 2.63. The second-order valence-electron chi connectivity index (χ2n) is 6.49. The van der Waals surface area contributed by atoms with Gasteiger partial charge in [-0.15, -0.1) is 11.3 Å². The second kappa shape index (κ2) is 8.29. The number of furan rings is 1. The Kier molecular flexibility index (Phi) is 5.85. The van der Waals surface area contributed by atoms with Gasteiger partial charge in [-0.3, -0.25) is 4.79 Å². The van der Waals surface area contributed by atoms with Crippen LogP contribution in [0, 0.1) is 6.92 Å². The smallest absolute Gasteiger partial charge is 0.226 e. The molecule has 1 unspecified atom stereocenters. The van der Waals surface area contributed by atoms with E-state index < -0.39 is 0 Å². The highest BCUT2D eigenvalue weighted by Gasteiger charge is 2.16. The van der Waals surface area contributed by atoms with Crippen molar-refractivity contribution >= 4 is 17.2 Å². The molecule has 1 N–H and O–H groups in total. The highest BCUT2D eigenvalue weighted by atomic mass is 32.1. The van der Waals surface area contributed by atoms with Gasteiger partial charge in [0.2, 0.25) is 5.91 Å². The third kappa shape index (κ3) is 4.59. The summed E-state index contributed by atoms with van der Waals surface area (Å²) in [4.78, 5) is 18.9. The number of carbonyl (C=O) groups is 1. The standard InChI is InChI=1S/C20H23N3O2S/c1-14-6-8-15(9-7-14)17(23(2)3)12-21-19(24)11-16-13-26-20(22-16)18-5-4-10-25-18/h4-10,13,17H,11-12H2,1-3H3,(H,21,24). The van der Waals surface area contributed by atoms with Gasteiger partial charge in [0.1, 0.15) is 0 Å². The van der Waals surface area contributed by atoms with Crippen molar-refractivity contribution in [1.29, 1.82) is 0 Å². The van der Waals surface area contributed by atoms with Gasteiger partial charge >= 0.3 is 0 Å². The number of benzene rings is 1. The highest BCUT2D eigenvalue weighted by Crippen LogP contribution is 2.24. The summed E-state index contributed by atoms with van der Waals surface area (Å²) in [5.74, 6) is 0.703. The van der Waals surface area contributed by atoms with Crippen molar-refractivity contribution in [2.24, 2.45) is 0 Å². The van der Waals surface area contributed by atoms with Gasteiger partial charge in [0, 0.05) is 11.9 Å². The van der Waals surface area contributed by atoms with Crippen LogP contribution in [0.15, 0.2) is 52.5 Å². The Balaban J connectivity index is 1.58. The molecule has 26 heavy (non-hydrogen) atoms. The van der Waals surface area contributed by atoms with Crippen LogP contribution in [0.5, 0.6) is 0 Å². The Morgan fingerprint density at radius 2 is 2.04 bits per heavy atom. The number of aromatic nitrogens is 1. The van der Waals surface area contributed by atoms with Gasteiger partial charge in [0.15, 0.2) is 10.8 Å². The van der Waals surface area contributed by atoms with Crippen LogP contribution in [-0.4, -0.2) is 36.4 Å².